The molecule has 0 aliphatic carbocycles. The summed E-state index contributed by atoms with van der Waals surface area (Å²) in [7, 11) is 0. The van der Waals surface area contributed by atoms with Crippen LogP contribution in [-0.2, 0) is 16.0 Å². The van der Waals surface area contributed by atoms with Gasteiger partial charge in [0.2, 0.25) is 0 Å². The van der Waals surface area contributed by atoms with Crippen LogP contribution in [0.15, 0.2) is 43.0 Å². The molecule has 18 heavy (non-hydrogen) atoms. The van der Waals surface area contributed by atoms with Gasteiger partial charge in [0, 0.05) is 6.42 Å². The van der Waals surface area contributed by atoms with E-state index in [1.165, 1.54) is 6.08 Å². The van der Waals surface area contributed by atoms with Gasteiger partial charge in [0.05, 0.1) is 0 Å². The zero-order chi connectivity index (χ0) is 13.4. The molecule has 0 saturated carbocycles. The van der Waals surface area contributed by atoms with Crippen LogP contribution < -0.4 is 5.32 Å². The molecule has 0 aliphatic heterocycles. The maximum Gasteiger partial charge on any atom is 0.408 e. The largest absolute Gasteiger partial charge is 0.480 e. The number of nitrogens with one attached hydrogen (secondary N) is 1. The van der Waals surface area contributed by atoms with E-state index in [1.54, 1.807) is 12.1 Å². The number of amides is 1. The van der Waals surface area contributed by atoms with E-state index in [-0.39, 0.29) is 13.0 Å². The maximum atomic E-state index is 11.3. The Morgan fingerprint density at radius 1 is 1.39 bits per heavy atom. The Morgan fingerprint density at radius 2 is 2.06 bits per heavy atom. The highest BCUT2D eigenvalue weighted by atomic mass is 16.5. The van der Waals surface area contributed by atoms with E-state index < -0.39 is 18.1 Å². The average molecular weight is 249 g/mol. The van der Waals surface area contributed by atoms with E-state index in [4.69, 9.17) is 5.11 Å². The molecular weight excluding hydrogens is 234 g/mol. The van der Waals surface area contributed by atoms with Gasteiger partial charge in [-0.1, -0.05) is 43.0 Å². The van der Waals surface area contributed by atoms with Gasteiger partial charge < -0.3 is 15.2 Å². The molecule has 0 aliphatic rings. The Hall–Kier alpha value is -2.30. The number of hydrogen-bond donors (Lipinski definition) is 2. The second-order valence-corrected chi connectivity index (χ2v) is 3.61. The van der Waals surface area contributed by atoms with Crippen LogP contribution in [0, 0.1) is 0 Å². The van der Waals surface area contributed by atoms with Crippen molar-refractivity contribution in [3.63, 3.8) is 0 Å². The number of hydrogen-bond acceptors (Lipinski definition) is 3. The first-order valence-electron chi connectivity index (χ1n) is 5.44. The Kier molecular flexibility index (Phi) is 5.44. The summed E-state index contributed by atoms with van der Waals surface area (Å²) in [6, 6.07) is 8.05. The number of carboxylic acid groups (broad SMARTS) is 1. The Bertz CT molecular complexity index is 416. The van der Waals surface area contributed by atoms with Gasteiger partial charge in [-0.25, -0.2) is 9.59 Å². The fourth-order valence-electron chi connectivity index (χ4n) is 1.37. The topological polar surface area (TPSA) is 75.6 Å². The third kappa shape index (κ3) is 4.69. The van der Waals surface area contributed by atoms with Gasteiger partial charge in [0.1, 0.15) is 12.6 Å². The van der Waals surface area contributed by atoms with Crippen LogP contribution in [0.4, 0.5) is 4.79 Å². The number of rotatable bonds is 6. The van der Waals surface area contributed by atoms with Crippen LogP contribution >= 0.6 is 0 Å². The molecule has 0 radical (unpaired) electrons. The number of carbonyl (C=O) groups is 2. The second kappa shape index (κ2) is 7.11. The summed E-state index contributed by atoms with van der Waals surface area (Å²) in [6.07, 6.45) is 0.851. The Morgan fingerprint density at radius 3 is 2.61 bits per heavy atom. The summed E-state index contributed by atoms with van der Waals surface area (Å²) in [5, 5.41) is 11.3. The monoisotopic (exact) mass is 249 g/mol. The molecule has 0 bridgehead atoms. The highest BCUT2D eigenvalue weighted by molar-refractivity contribution is 5.80. The molecule has 0 saturated heterocycles. The normalized spacial score (nSPS) is 11.3. The first-order valence-corrected chi connectivity index (χ1v) is 5.44. The van der Waals surface area contributed by atoms with Crippen LogP contribution in [0.5, 0.6) is 0 Å². The molecule has 0 unspecified atom stereocenters. The van der Waals surface area contributed by atoms with E-state index in [2.05, 4.69) is 16.6 Å². The lowest BCUT2D eigenvalue weighted by molar-refractivity contribution is -0.139. The highest BCUT2D eigenvalue weighted by Crippen LogP contribution is 2.03. The van der Waals surface area contributed by atoms with Crippen molar-refractivity contribution in [3.8, 4) is 0 Å². The quantitative estimate of drug-likeness (QED) is 0.751. The fraction of sp³-hybridized carbons (Fsp3) is 0.231. The number of benzene rings is 1. The molecule has 0 heterocycles. The second-order valence-electron chi connectivity index (χ2n) is 3.61. The van der Waals surface area contributed by atoms with Crippen molar-refractivity contribution < 1.29 is 19.4 Å². The van der Waals surface area contributed by atoms with E-state index in [0.717, 1.165) is 5.56 Å². The molecular formula is C13H15NO4. The van der Waals surface area contributed by atoms with E-state index in [1.807, 2.05) is 18.2 Å². The van der Waals surface area contributed by atoms with Gasteiger partial charge in [-0.2, -0.15) is 0 Å². The van der Waals surface area contributed by atoms with Crippen molar-refractivity contribution in [2.24, 2.45) is 0 Å². The highest BCUT2D eigenvalue weighted by Gasteiger charge is 2.20. The standard InChI is InChI=1S/C13H15NO4/c1-2-8-18-13(17)14-11(12(15)16)9-10-6-4-3-5-7-10/h2-7,11H,1,8-9H2,(H,14,17)(H,15,16)/t11-/m1/s1. The van der Waals surface area contributed by atoms with Crippen LogP contribution in [0.25, 0.3) is 0 Å². The molecule has 2 N–H and O–H groups in total. The Labute approximate surface area is 105 Å². The van der Waals surface area contributed by atoms with Crippen molar-refractivity contribution in [2.45, 2.75) is 12.5 Å². The molecule has 5 heteroatoms. The van der Waals surface area contributed by atoms with Gasteiger partial charge in [0.15, 0.2) is 0 Å². The SMILES string of the molecule is C=CCOC(=O)N[C@H](Cc1ccccc1)C(=O)O. The number of carboxylic acids is 1. The minimum atomic E-state index is -1.10. The summed E-state index contributed by atoms with van der Waals surface area (Å²) in [5.41, 5.74) is 0.828. The first-order chi connectivity index (χ1) is 8.63. The van der Waals surface area contributed by atoms with E-state index in [0.29, 0.717) is 0 Å². The van der Waals surface area contributed by atoms with Crippen molar-refractivity contribution in [1.29, 1.82) is 0 Å². The van der Waals surface area contributed by atoms with Gasteiger partial charge >= 0.3 is 12.1 Å². The smallest absolute Gasteiger partial charge is 0.408 e. The number of aliphatic carboxylic acids is 1. The van der Waals surface area contributed by atoms with Crippen molar-refractivity contribution in [2.75, 3.05) is 6.61 Å². The van der Waals surface area contributed by atoms with Crippen LogP contribution in [0.1, 0.15) is 5.56 Å². The van der Waals surface area contributed by atoms with Gasteiger partial charge in [0.25, 0.3) is 0 Å². The summed E-state index contributed by atoms with van der Waals surface area (Å²) in [5.74, 6) is -1.10. The van der Waals surface area contributed by atoms with Gasteiger partial charge in [-0.05, 0) is 5.56 Å². The lowest BCUT2D eigenvalue weighted by Crippen LogP contribution is -2.42. The van der Waals surface area contributed by atoms with Crippen molar-refractivity contribution >= 4 is 12.1 Å². The molecule has 0 spiro atoms. The van der Waals surface area contributed by atoms with E-state index in [9.17, 15) is 9.59 Å². The molecule has 5 nitrogen and oxygen atoms in total. The molecule has 0 fully saturated rings. The summed E-state index contributed by atoms with van der Waals surface area (Å²) < 4.78 is 4.68. The lowest BCUT2D eigenvalue weighted by atomic mass is 10.1. The predicted molar refractivity (Wildman–Crippen MR) is 66.3 cm³/mol. The summed E-state index contributed by atoms with van der Waals surface area (Å²) in [6.45, 7) is 3.44. The maximum absolute atomic E-state index is 11.3. The molecule has 0 aromatic heterocycles. The first kappa shape index (κ1) is 13.8. The molecule has 1 aromatic rings. The Balaban J connectivity index is 2.58. The zero-order valence-electron chi connectivity index (χ0n) is 9.83. The molecule has 1 aromatic carbocycles. The molecule has 1 amide bonds. The zero-order valence-corrected chi connectivity index (χ0v) is 9.83. The molecule has 1 atom stereocenters. The minimum Gasteiger partial charge on any atom is -0.480 e. The van der Waals surface area contributed by atoms with Crippen LogP contribution in [0.2, 0.25) is 0 Å². The van der Waals surface area contributed by atoms with Crippen LogP contribution in [0.3, 0.4) is 0 Å². The lowest BCUT2D eigenvalue weighted by Gasteiger charge is -2.14. The van der Waals surface area contributed by atoms with E-state index >= 15 is 0 Å². The number of carbonyl (C=O) groups excluding carboxylic acids is 1. The fourth-order valence-corrected chi connectivity index (χ4v) is 1.37. The van der Waals surface area contributed by atoms with Gasteiger partial charge in [-0.3, -0.25) is 0 Å². The number of alkyl carbamates (subject to hydrolysis) is 1. The predicted octanol–water partition coefficient (Wildman–Crippen LogP) is 1.59. The minimum absolute atomic E-state index is 0.0451. The summed E-state index contributed by atoms with van der Waals surface area (Å²) >= 11 is 0. The average Bonchev–Trinajstić information content (AvgIpc) is 2.36. The number of ether oxygens (including phenoxy) is 1. The third-order valence-corrected chi connectivity index (χ3v) is 2.21. The van der Waals surface area contributed by atoms with Crippen molar-refractivity contribution in [1.82, 2.24) is 5.32 Å². The molecule has 96 valence electrons. The molecule has 1 rings (SSSR count). The van der Waals surface area contributed by atoms with Crippen molar-refractivity contribution in [3.05, 3.63) is 48.6 Å². The third-order valence-electron chi connectivity index (χ3n) is 2.21. The van der Waals surface area contributed by atoms with Crippen LogP contribution in [-0.4, -0.2) is 29.8 Å². The summed E-state index contributed by atoms with van der Waals surface area (Å²) in [4.78, 5) is 22.3. The van der Waals surface area contributed by atoms with Gasteiger partial charge in [-0.15, -0.1) is 0 Å².